The van der Waals surface area contributed by atoms with E-state index >= 15 is 0 Å². The summed E-state index contributed by atoms with van der Waals surface area (Å²) in [6.45, 7) is 6.12. The molecule has 1 saturated heterocycles. The number of likely N-dealkylation sites (N-methyl/N-ethyl adjacent to an activating group) is 1. The highest BCUT2D eigenvalue weighted by atomic mass is 16.2. The third kappa shape index (κ3) is 3.56. The standard InChI is InChI=1S/C19H32N4O2/c1-13(23-5-3-22(2)4-6-23)17(24)20-18(25)21-19-10-14-7-15(11-19)9-16(8-14)12-19/h13-16H,3-12H2,1-2H3,(H2,20,21,24,25)/p+2/t13-,14?,15?,16?,19?/m0/s1. The molecule has 0 aromatic carbocycles. The van der Waals surface area contributed by atoms with Crippen LogP contribution in [0.4, 0.5) is 4.79 Å². The Hall–Kier alpha value is -1.14. The number of nitrogens with one attached hydrogen (secondary N) is 4. The van der Waals surface area contributed by atoms with Gasteiger partial charge >= 0.3 is 6.03 Å². The monoisotopic (exact) mass is 350 g/mol. The molecule has 6 heteroatoms. The SMILES string of the molecule is C[C@@H](C(=O)NC(=O)NC12CC3CC(CC(C3)C1)C2)[NH+]1CC[NH+](C)CC1. The van der Waals surface area contributed by atoms with E-state index in [0.717, 1.165) is 63.2 Å². The van der Waals surface area contributed by atoms with E-state index in [1.54, 1.807) is 0 Å². The lowest BCUT2D eigenvalue weighted by Gasteiger charge is -2.56. The largest absolute Gasteiger partial charge is 0.332 e. The van der Waals surface area contributed by atoms with E-state index in [2.05, 4.69) is 17.7 Å². The number of urea groups is 1. The fourth-order valence-corrected chi connectivity index (χ4v) is 6.37. The van der Waals surface area contributed by atoms with Crippen molar-refractivity contribution >= 4 is 11.9 Å². The molecule has 4 bridgehead atoms. The van der Waals surface area contributed by atoms with Gasteiger partial charge in [-0.25, -0.2) is 4.79 Å². The Morgan fingerprint density at radius 2 is 1.48 bits per heavy atom. The van der Waals surface area contributed by atoms with Crippen LogP contribution >= 0.6 is 0 Å². The fraction of sp³-hybridized carbons (Fsp3) is 0.895. The van der Waals surface area contributed by atoms with E-state index in [1.165, 1.54) is 29.1 Å². The number of quaternary nitrogens is 2. The van der Waals surface area contributed by atoms with Crippen molar-refractivity contribution in [2.45, 2.75) is 57.0 Å². The maximum absolute atomic E-state index is 12.5. The summed E-state index contributed by atoms with van der Waals surface area (Å²) >= 11 is 0. The van der Waals surface area contributed by atoms with Crippen LogP contribution in [0.25, 0.3) is 0 Å². The van der Waals surface area contributed by atoms with Gasteiger partial charge in [-0.05, 0) is 63.2 Å². The van der Waals surface area contributed by atoms with Crippen LogP contribution in [0.15, 0.2) is 0 Å². The highest BCUT2D eigenvalue weighted by molar-refractivity contribution is 5.96. The van der Waals surface area contributed by atoms with Crippen molar-refractivity contribution in [1.29, 1.82) is 0 Å². The molecule has 4 aliphatic carbocycles. The van der Waals surface area contributed by atoms with Crippen LogP contribution < -0.4 is 20.4 Å². The molecule has 1 atom stereocenters. The van der Waals surface area contributed by atoms with Crippen molar-refractivity contribution in [2.24, 2.45) is 17.8 Å². The second kappa shape index (κ2) is 6.54. The van der Waals surface area contributed by atoms with Gasteiger partial charge in [0.15, 0.2) is 6.04 Å². The molecule has 5 fully saturated rings. The van der Waals surface area contributed by atoms with E-state index in [9.17, 15) is 9.59 Å². The number of amides is 3. The summed E-state index contributed by atoms with van der Waals surface area (Å²) in [7, 11) is 2.19. The third-order valence-corrected chi connectivity index (χ3v) is 7.41. The third-order valence-electron chi connectivity index (χ3n) is 7.41. The number of hydrogen-bond donors (Lipinski definition) is 4. The van der Waals surface area contributed by atoms with Gasteiger partial charge in [-0.1, -0.05) is 0 Å². The van der Waals surface area contributed by atoms with Gasteiger partial charge in [0, 0.05) is 5.54 Å². The fourth-order valence-electron chi connectivity index (χ4n) is 6.37. The summed E-state index contributed by atoms with van der Waals surface area (Å²) in [4.78, 5) is 27.9. The van der Waals surface area contributed by atoms with Gasteiger partial charge in [-0.15, -0.1) is 0 Å². The number of carbonyl (C=O) groups excluding carboxylic acids is 2. The number of piperazine rings is 1. The zero-order chi connectivity index (χ0) is 17.6. The minimum atomic E-state index is -0.266. The van der Waals surface area contributed by atoms with Crippen LogP contribution in [0.2, 0.25) is 0 Å². The van der Waals surface area contributed by atoms with Crippen molar-refractivity contribution in [1.82, 2.24) is 10.6 Å². The first kappa shape index (κ1) is 17.3. The Kier molecular flexibility index (Phi) is 4.52. The van der Waals surface area contributed by atoms with Gasteiger partial charge in [0.1, 0.15) is 26.2 Å². The highest BCUT2D eigenvalue weighted by Crippen LogP contribution is 2.55. The second-order valence-electron chi connectivity index (χ2n) is 9.48. The lowest BCUT2D eigenvalue weighted by molar-refractivity contribution is -1.01. The summed E-state index contributed by atoms with van der Waals surface area (Å²) in [5, 5.41) is 5.88. The van der Waals surface area contributed by atoms with Gasteiger partial charge in [0.05, 0.1) is 7.05 Å². The molecule has 5 rings (SSSR count). The van der Waals surface area contributed by atoms with E-state index in [-0.39, 0.29) is 23.5 Å². The Morgan fingerprint density at radius 3 is 2.00 bits per heavy atom. The predicted molar refractivity (Wildman–Crippen MR) is 94.4 cm³/mol. The van der Waals surface area contributed by atoms with Crippen molar-refractivity contribution in [3.8, 4) is 0 Å². The van der Waals surface area contributed by atoms with Crippen LogP contribution in [0.1, 0.15) is 45.4 Å². The quantitative estimate of drug-likeness (QED) is 0.505. The van der Waals surface area contributed by atoms with Crippen molar-refractivity contribution in [3.05, 3.63) is 0 Å². The smallest absolute Gasteiger partial charge is 0.322 e. The minimum absolute atomic E-state index is 0.0353. The number of carbonyl (C=O) groups is 2. The zero-order valence-corrected chi connectivity index (χ0v) is 15.7. The Bertz CT molecular complexity index is 506. The molecule has 4 saturated carbocycles. The first-order valence-electron chi connectivity index (χ1n) is 10.2. The maximum Gasteiger partial charge on any atom is 0.322 e. The van der Waals surface area contributed by atoms with Crippen LogP contribution in [-0.2, 0) is 4.79 Å². The normalized spacial score (nSPS) is 43.5. The van der Waals surface area contributed by atoms with Gasteiger partial charge in [0.25, 0.3) is 5.91 Å². The summed E-state index contributed by atoms with van der Waals surface area (Å²) in [6, 6.07) is -0.423. The zero-order valence-electron chi connectivity index (χ0n) is 15.7. The van der Waals surface area contributed by atoms with Crippen LogP contribution in [-0.4, -0.2) is 56.7 Å². The molecule has 6 nitrogen and oxygen atoms in total. The maximum atomic E-state index is 12.5. The lowest BCUT2D eigenvalue weighted by Crippen LogP contribution is -3.29. The van der Waals surface area contributed by atoms with Gasteiger partial charge in [-0.2, -0.15) is 0 Å². The van der Waals surface area contributed by atoms with Gasteiger partial charge in [0.2, 0.25) is 0 Å². The first-order chi connectivity index (χ1) is 11.9. The summed E-state index contributed by atoms with van der Waals surface area (Å²) < 4.78 is 0. The second-order valence-corrected chi connectivity index (χ2v) is 9.48. The molecule has 5 aliphatic rings. The molecule has 140 valence electrons. The first-order valence-corrected chi connectivity index (χ1v) is 10.2. The molecular formula is C19H34N4O2+2. The Balaban J connectivity index is 1.31. The molecule has 0 aromatic rings. The van der Waals surface area contributed by atoms with E-state index < -0.39 is 0 Å². The van der Waals surface area contributed by atoms with Gasteiger partial charge in [-0.3, -0.25) is 10.1 Å². The molecule has 4 N–H and O–H groups in total. The molecule has 1 heterocycles. The average molecular weight is 351 g/mol. The average Bonchev–Trinajstić information content (AvgIpc) is 2.52. The topological polar surface area (TPSA) is 67.1 Å². The van der Waals surface area contributed by atoms with Gasteiger partial charge < -0.3 is 15.1 Å². The number of imide groups is 1. The Labute approximate surface area is 150 Å². The number of hydrogen-bond acceptors (Lipinski definition) is 2. The molecule has 0 spiro atoms. The molecule has 0 radical (unpaired) electrons. The number of rotatable bonds is 3. The summed E-state index contributed by atoms with van der Waals surface area (Å²) in [5.74, 6) is 2.24. The molecule has 1 aliphatic heterocycles. The molecule has 0 unspecified atom stereocenters. The highest BCUT2D eigenvalue weighted by Gasteiger charge is 2.51. The van der Waals surface area contributed by atoms with E-state index in [0.29, 0.717) is 0 Å². The molecular weight excluding hydrogens is 316 g/mol. The van der Waals surface area contributed by atoms with Crippen molar-refractivity contribution in [3.63, 3.8) is 0 Å². The van der Waals surface area contributed by atoms with Crippen molar-refractivity contribution in [2.75, 3.05) is 33.2 Å². The van der Waals surface area contributed by atoms with Crippen LogP contribution in [0.3, 0.4) is 0 Å². The summed E-state index contributed by atoms with van der Waals surface area (Å²) in [5.41, 5.74) is -0.0353. The minimum Gasteiger partial charge on any atom is -0.332 e. The molecule has 3 amide bonds. The van der Waals surface area contributed by atoms with Crippen molar-refractivity contribution < 1.29 is 19.4 Å². The summed E-state index contributed by atoms with van der Waals surface area (Å²) in [6.07, 6.45) is 7.40. The van der Waals surface area contributed by atoms with E-state index in [1.807, 2.05) is 6.92 Å². The predicted octanol–water partition coefficient (Wildman–Crippen LogP) is -1.42. The van der Waals surface area contributed by atoms with E-state index in [4.69, 9.17) is 0 Å². The lowest BCUT2D eigenvalue weighted by atomic mass is 9.53. The molecule has 25 heavy (non-hydrogen) atoms. The molecule has 0 aromatic heterocycles. The van der Waals surface area contributed by atoms with Crippen LogP contribution in [0.5, 0.6) is 0 Å². The van der Waals surface area contributed by atoms with Crippen LogP contribution in [0, 0.1) is 17.8 Å². The Morgan fingerprint density at radius 1 is 0.960 bits per heavy atom.